The number of rotatable bonds is 9. The minimum absolute atomic E-state index is 0.0687. The third kappa shape index (κ3) is 7.32. The standard InChI is InChI=1S/C34H23BrCl2N2O3/c35-27-9-15-33(42-20-23-6-3-5-22-4-1-2-7-31(22)23)25(17-27)16-26(19-38)34(40)39-29-11-13-30(14-12-29)41-21-24-8-10-28(36)18-32(24)37/h1-18H,20-21H2,(H,39,40)/b26-16+. The number of carbonyl (C=O) groups excluding carboxylic acids is 1. The van der Waals surface area contributed by atoms with Gasteiger partial charge in [0.25, 0.3) is 5.91 Å². The van der Waals surface area contributed by atoms with Crippen LogP contribution in [0, 0.1) is 11.3 Å². The van der Waals surface area contributed by atoms with Gasteiger partial charge in [0.05, 0.1) is 0 Å². The first-order chi connectivity index (χ1) is 20.4. The topological polar surface area (TPSA) is 71.3 Å². The highest BCUT2D eigenvalue weighted by molar-refractivity contribution is 9.10. The highest BCUT2D eigenvalue weighted by Gasteiger charge is 2.13. The molecule has 42 heavy (non-hydrogen) atoms. The van der Waals surface area contributed by atoms with Crippen molar-refractivity contribution in [2.45, 2.75) is 13.2 Å². The van der Waals surface area contributed by atoms with Crippen molar-refractivity contribution in [3.05, 3.63) is 140 Å². The van der Waals surface area contributed by atoms with E-state index >= 15 is 0 Å². The number of ether oxygens (including phenoxy) is 2. The van der Waals surface area contributed by atoms with Gasteiger partial charge in [-0.3, -0.25) is 4.79 Å². The smallest absolute Gasteiger partial charge is 0.266 e. The molecule has 208 valence electrons. The summed E-state index contributed by atoms with van der Waals surface area (Å²) in [7, 11) is 0. The average Bonchev–Trinajstić information content (AvgIpc) is 2.99. The van der Waals surface area contributed by atoms with Gasteiger partial charge in [-0.05, 0) is 77.0 Å². The van der Waals surface area contributed by atoms with Crippen molar-refractivity contribution in [1.29, 1.82) is 5.26 Å². The summed E-state index contributed by atoms with van der Waals surface area (Å²) in [5.74, 6) is 0.602. The number of benzene rings is 5. The van der Waals surface area contributed by atoms with Gasteiger partial charge in [0, 0.05) is 31.3 Å². The minimum Gasteiger partial charge on any atom is -0.489 e. The Hall–Kier alpha value is -4.28. The van der Waals surface area contributed by atoms with E-state index in [-0.39, 0.29) is 12.2 Å². The van der Waals surface area contributed by atoms with E-state index in [9.17, 15) is 10.1 Å². The Kier molecular flexibility index (Phi) is 9.45. The first kappa shape index (κ1) is 29.2. The number of fused-ring (bicyclic) bond motifs is 1. The molecule has 0 bridgehead atoms. The van der Waals surface area contributed by atoms with Crippen LogP contribution >= 0.6 is 39.1 Å². The van der Waals surface area contributed by atoms with Gasteiger partial charge in [-0.25, -0.2) is 0 Å². The average molecular weight is 658 g/mol. The van der Waals surface area contributed by atoms with Crippen LogP contribution in [0.3, 0.4) is 0 Å². The van der Waals surface area contributed by atoms with Crippen LogP contribution < -0.4 is 14.8 Å². The van der Waals surface area contributed by atoms with Crippen molar-refractivity contribution < 1.29 is 14.3 Å². The maximum absolute atomic E-state index is 13.0. The summed E-state index contributed by atoms with van der Waals surface area (Å²) in [6, 6.07) is 33.7. The van der Waals surface area contributed by atoms with Crippen molar-refractivity contribution in [3.63, 3.8) is 0 Å². The third-order valence-corrected chi connectivity index (χ3v) is 7.50. The lowest BCUT2D eigenvalue weighted by Crippen LogP contribution is -2.13. The van der Waals surface area contributed by atoms with Crippen molar-refractivity contribution in [2.24, 2.45) is 0 Å². The Labute approximate surface area is 262 Å². The summed E-state index contributed by atoms with van der Waals surface area (Å²) in [6.07, 6.45) is 1.52. The Morgan fingerprint density at radius 1 is 0.857 bits per heavy atom. The van der Waals surface area contributed by atoms with E-state index in [0.29, 0.717) is 39.4 Å². The first-order valence-corrected chi connectivity index (χ1v) is 14.4. The van der Waals surface area contributed by atoms with Gasteiger partial charge in [-0.1, -0.05) is 87.7 Å². The van der Waals surface area contributed by atoms with Gasteiger partial charge in [0.15, 0.2) is 0 Å². The quantitative estimate of drug-likeness (QED) is 0.127. The summed E-state index contributed by atoms with van der Waals surface area (Å²) in [4.78, 5) is 13.0. The lowest BCUT2D eigenvalue weighted by Gasteiger charge is -2.12. The highest BCUT2D eigenvalue weighted by Crippen LogP contribution is 2.28. The maximum atomic E-state index is 13.0. The largest absolute Gasteiger partial charge is 0.489 e. The van der Waals surface area contributed by atoms with E-state index in [1.54, 1.807) is 42.5 Å². The van der Waals surface area contributed by atoms with Crippen LogP contribution in [0.4, 0.5) is 5.69 Å². The van der Waals surface area contributed by atoms with Crippen LogP contribution in [0.1, 0.15) is 16.7 Å². The van der Waals surface area contributed by atoms with Crippen molar-refractivity contribution in [1.82, 2.24) is 0 Å². The van der Waals surface area contributed by atoms with Crippen molar-refractivity contribution >= 4 is 67.6 Å². The lowest BCUT2D eigenvalue weighted by molar-refractivity contribution is -0.112. The number of anilines is 1. The van der Waals surface area contributed by atoms with Crippen molar-refractivity contribution in [2.75, 3.05) is 5.32 Å². The number of nitrogens with zero attached hydrogens (tertiary/aromatic N) is 1. The van der Waals surface area contributed by atoms with Gasteiger partial charge >= 0.3 is 0 Å². The molecule has 0 aliphatic heterocycles. The number of hydrogen-bond acceptors (Lipinski definition) is 4. The fourth-order valence-corrected chi connectivity index (χ4v) is 5.12. The summed E-state index contributed by atoms with van der Waals surface area (Å²) in [6.45, 7) is 0.594. The zero-order valence-corrected chi connectivity index (χ0v) is 25.2. The molecule has 5 aromatic rings. The molecule has 0 aromatic heterocycles. The van der Waals surface area contributed by atoms with Crippen molar-refractivity contribution in [3.8, 4) is 17.6 Å². The maximum Gasteiger partial charge on any atom is 0.266 e. The van der Waals surface area contributed by atoms with E-state index in [1.807, 2.05) is 48.5 Å². The van der Waals surface area contributed by atoms with Crippen LogP contribution in [-0.4, -0.2) is 5.91 Å². The predicted octanol–water partition coefficient (Wildman–Crippen LogP) is 9.61. The SMILES string of the molecule is N#C/C(=C\c1cc(Br)ccc1OCc1cccc2ccccc12)C(=O)Nc1ccc(OCc2ccc(Cl)cc2Cl)cc1. The van der Waals surface area contributed by atoms with Gasteiger partial charge in [-0.2, -0.15) is 5.26 Å². The Morgan fingerprint density at radius 2 is 1.62 bits per heavy atom. The second-order valence-electron chi connectivity index (χ2n) is 9.28. The third-order valence-electron chi connectivity index (χ3n) is 6.42. The zero-order chi connectivity index (χ0) is 29.5. The van der Waals surface area contributed by atoms with Crippen LogP contribution in [0.15, 0.2) is 113 Å². The molecule has 0 saturated heterocycles. The van der Waals surface area contributed by atoms with E-state index in [1.165, 1.54) is 6.08 Å². The highest BCUT2D eigenvalue weighted by atomic mass is 79.9. The summed E-state index contributed by atoms with van der Waals surface area (Å²) in [5.41, 5.74) is 2.88. The monoisotopic (exact) mass is 656 g/mol. The molecule has 5 rings (SSSR count). The molecule has 0 unspecified atom stereocenters. The molecule has 5 aromatic carbocycles. The molecular formula is C34H23BrCl2N2O3. The molecule has 0 aliphatic rings. The second-order valence-corrected chi connectivity index (χ2v) is 11.0. The Bertz CT molecular complexity index is 1830. The number of hydrogen-bond donors (Lipinski definition) is 1. The Balaban J connectivity index is 1.27. The first-order valence-electron chi connectivity index (χ1n) is 12.9. The molecule has 0 aliphatic carbocycles. The zero-order valence-electron chi connectivity index (χ0n) is 22.1. The molecule has 0 fully saturated rings. The van der Waals surface area contributed by atoms with Crippen LogP contribution in [0.2, 0.25) is 10.0 Å². The van der Waals surface area contributed by atoms with E-state index in [4.69, 9.17) is 32.7 Å². The summed E-state index contributed by atoms with van der Waals surface area (Å²) >= 11 is 15.6. The molecule has 0 spiro atoms. The number of nitrogens with one attached hydrogen (secondary N) is 1. The predicted molar refractivity (Wildman–Crippen MR) is 172 cm³/mol. The lowest BCUT2D eigenvalue weighted by atomic mass is 10.1. The second kappa shape index (κ2) is 13.6. The molecule has 0 radical (unpaired) electrons. The molecule has 0 atom stereocenters. The molecule has 0 saturated carbocycles. The van der Waals surface area contributed by atoms with Gasteiger partial charge in [0.2, 0.25) is 0 Å². The van der Waals surface area contributed by atoms with Gasteiger partial charge < -0.3 is 14.8 Å². The van der Waals surface area contributed by atoms with E-state index in [2.05, 4.69) is 39.4 Å². The normalized spacial score (nSPS) is 11.1. The molecule has 1 N–H and O–H groups in total. The molecule has 0 heterocycles. The Morgan fingerprint density at radius 3 is 2.40 bits per heavy atom. The number of halogens is 3. The van der Waals surface area contributed by atoms with E-state index in [0.717, 1.165) is 26.4 Å². The van der Waals surface area contributed by atoms with Gasteiger partial charge in [-0.15, -0.1) is 0 Å². The fraction of sp³-hybridized carbons (Fsp3) is 0.0588. The van der Waals surface area contributed by atoms with Gasteiger partial charge in [0.1, 0.15) is 36.4 Å². The molecule has 1 amide bonds. The van der Waals surface area contributed by atoms with E-state index < -0.39 is 5.91 Å². The molecule has 8 heteroatoms. The number of nitriles is 1. The number of carbonyl (C=O) groups is 1. The molecule has 5 nitrogen and oxygen atoms in total. The minimum atomic E-state index is -0.543. The number of amides is 1. The van der Waals surface area contributed by atoms with Crippen LogP contribution in [0.25, 0.3) is 16.8 Å². The summed E-state index contributed by atoms with van der Waals surface area (Å²) < 4.78 is 12.8. The van der Waals surface area contributed by atoms with Crippen LogP contribution in [-0.2, 0) is 18.0 Å². The van der Waals surface area contributed by atoms with Crippen LogP contribution in [0.5, 0.6) is 11.5 Å². The summed E-state index contributed by atoms with van der Waals surface area (Å²) in [5, 5.41) is 15.9. The fourth-order valence-electron chi connectivity index (χ4n) is 4.27. The molecular weight excluding hydrogens is 635 g/mol.